The molecule has 0 fully saturated rings. The summed E-state index contributed by atoms with van der Waals surface area (Å²) in [6, 6.07) is 8.75. The lowest BCUT2D eigenvalue weighted by molar-refractivity contribution is 0.495. The van der Waals surface area contributed by atoms with Crippen LogP contribution in [0.1, 0.15) is 23.9 Å². The zero-order valence-electron chi connectivity index (χ0n) is 11.9. The third kappa shape index (κ3) is 3.65. The molecule has 20 heavy (non-hydrogen) atoms. The van der Waals surface area contributed by atoms with Gasteiger partial charge in [-0.1, -0.05) is 12.1 Å². The summed E-state index contributed by atoms with van der Waals surface area (Å²) in [5.41, 5.74) is 5.90. The molecule has 0 saturated heterocycles. The van der Waals surface area contributed by atoms with Crippen molar-refractivity contribution in [3.05, 3.63) is 53.1 Å². The zero-order chi connectivity index (χ0) is 14.5. The fourth-order valence-corrected chi connectivity index (χ4v) is 2.43. The van der Waals surface area contributed by atoms with E-state index >= 15 is 0 Å². The van der Waals surface area contributed by atoms with Gasteiger partial charge in [0.15, 0.2) is 0 Å². The van der Waals surface area contributed by atoms with Gasteiger partial charge in [0.25, 0.3) is 0 Å². The summed E-state index contributed by atoms with van der Waals surface area (Å²) in [6.07, 6.45) is 1.45. The lowest BCUT2D eigenvalue weighted by Crippen LogP contribution is -2.39. The van der Waals surface area contributed by atoms with Crippen molar-refractivity contribution in [3.8, 4) is 0 Å². The normalized spacial score (nSPS) is 12.6. The highest BCUT2D eigenvalue weighted by atomic mass is 19.1. The van der Waals surface area contributed by atoms with Crippen molar-refractivity contribution >= 4 is 0 Å². The minimum Gasteiger partial charge on any atom is -0.271 e. The fourth-order valence-electron chi connectivity index (χ4n) is 2.43. The van der Waals surface area contributed by atoms with Gasteiger partial charge >= 0.3 is 0 Å². The quantitative estimate of drug-likeness (QED) is 0.626. The van der Waals surface area contributed by atoms with E-state index in [0.717, 1.165) is 29.9 Å². The maximum absolute atomic E-state index is 13.2. The molecule has 1 aromatic carbocycles. The molecule has 1 unspecified atom stereocenters. The molecule has 0 amide bonds. The Kier molecular flexibility index (Phi) is 4.87. The Labute approximate surface area is 118 Å². The molecule has 1 aromatic heterocycles. The zero-order valence-corrected chi connectivity index (χ0v) is 11.9. The molecule has 108 valence electrons. The summed E-state index contributed by atoms with van der Waals surface area (Å²) in [5, 5.41) is 4.43. The minimum absolute atomic E-state index is 0.0539. The first-order valence-corrected chi connectivity index (χ1v) is 6.86. The Balaban J connectivity index is 2.08. The summed E-state index contributed by atoms with van der Waals surface area (Å²) in [4.78, 5) is 0. The number of nitrogens with two attached hydrogens (primary N) is 1. The van der Waals surface area contributed by atoms with Gasteiger partial charge in [0.2, 0.25) is 0 Å². The molecule has 0 aliphatic heterocycles. The van der Waals surface area contributed by atoms with Crippen LogP contribution < -0.4 is 11.3 Å². The maximum Gasteiger partial charge on any atom is 0.123 e. The molecule has 2 aromatic rings. The van der Waals surface area contributed by atoms with E-state index in [1.165, 1.54) is 6.07 Å². The molecule has 0 bridgehead atoms. The number of halogens is 1. The van der Waals surface area contributed by atoms with Gasteiger partial charge < -0.3 is 0 Å². The third-order valence-electron chi connectivity index (χ3n) is 3.35. The average molecular weight is 276 g/mol. The second-order valence-electron chi connectivity index (χ2n) is 4.99. The Morgan fingerprint density at radius 3 is 2.80 bits per heavy atom. The molecule has 1 atom stereocenters. The van der Waals surface area contributed by atoms with Crippen molar-refractivity contribution < 1.29 is 4.39 Å². The average Bonchev–Trinajstić information content (AvgIpc) is 2.78. The maximum atomic E-state index is 13.2. The number of nitrogens with one attached hydrogen (secondary N) is 1. The number of hydrazine groups is 1. The predicted octanol–water partition coefficient (Wildman–Crippen LogP) is 1.97. The molecule has 3 N–H and O–H groups in total. The SMILES string of the molecule is CCn1nc(C)cc1CC(Cc1cccc(F)c1)NN. The fraction of sp³-hybridized carbons (Fsp3) is 0.400. The number of benzene rings is 1. The monoisotopic (exact) mass is 276 g/mol. The van der Waals surface area contributed by atoms with Crippen LogP contribution in [-0.2, 0) is 19.4 Å². The predicted molar refractivity (Wildman–Crippen MR) is 77.6 cm³/mol. The lowest BCUT2D eigenvalue weighted by atomic mass is 10.0. The number of hydrogen-bond donors (Lipinski definition) is 2. The van der Waals surface area contributed by atoms with E-state index < -0.39 is 0 Å². The topological polar surface area (TPSA) is 55.9 Å². The van der Waals surface area contributed by atoms with Crippen molar-refractivity contribution in [2.24, 2.45) is 5.84 Å². The molecular formula is C15H21FN4. The van der Waals surface area contributed by atoms with Gasteiger partial charge in [-0.05, 0) is 44.0 Å². The molecular weight excluding hydrogens is 255 g/mol. The van der Waals surface area contributed by atoms with Gasteiger partial charge in [-0.3, -0.25) is 16.0 Å². The van der Waals surface area contributed by atoms with E-state index in [9.17, 15) is 4.39 Å². The highest BCUT2D eigenvalue weighted by Crippen LogP contribution is 2.11. The van der Waals surface area contributed by atoms with E-state index in [1.807, 2.05) is 17.7 Å². The van der Waals surface area contributed by atoms with Crippen LogP contribution in [0.5, 0.6) is 0 Å². The first-order chi connectivity index (χ1) is 9.62. The van der Waals surface area contributed by atoms with Gasteiger partial charge in [-0.25, -0.2) is 4.39 Å². The van der Waals surface area contributed by atoms with E-state index in [0.29, 0.717) is 6.42 Å². The molecule has 0 aliphatic rings. The summed E-state index contributed by atoms with van der Waals surface area (Å²) in [7, 11) is 0. The number of aryl methyl sites for hydroxylation is 2. The molecule has 2 rings (SSSR count). The Bertz CT molecular complexity index is 565. The van der Waals surface area contributed by atoms with Gasteiger partial charge in [-0.2, -0.15) is 5.10 Å². The van der Waals surface area contributed by atoms with Crippen molar-refractivity contribution in [1.29, 1.82) is 0 Å². The van der Waals surface area contributed by atoms with Crippen LogP contribution in [0.4, 0.5) is 4.39 Å². The molecule has 4 nitrogen and oxygen atoms in total. The van der Waals surface area contributed by atoms with Gasteiger partial charge in [0.1, 0.15) is 5.82 Å². The van der Waals surface area contributed by atoms with Gasteiger partial charge in [0.05, 0.1) is 5.69 Å². The molecule has 0 spiro atoms. The second kappa shape index (κ2) is 6.63. The molecule has 0 aliphatic carbocycles. The lowest BCUT2D eigenvalue weighted by Gasteiger charge is -2.16. The first-order valence-electron chi connectivity index (χ1n) is 6.86. The Morgan fingerprint density at radius 1 is 1.35 bits per heavy atom. The number of rotatable bonds is 6. The van der Waals surface area contributed by atoms with Crippen LogP contribution in [-0.4, -0.2) is 15.8 Å². The first kappa shape index (κ1) is 14.7. The number of aromatic nitrogens is 2. The third-order valence-corrected chi connectivity index (χ3v) is 3.35. The van der Waals surface area contributed by atoms with Crippen LogP contribution in [0.15, 0.2) is 30.3 Å². The van der Waals surface area contributed by atoms with Crippen molar-refractivity contribution in [1.82, 2.24) is 15.2 Å². The van der Waals surface area contributed by atoms with E-state index in [1.54, 1.807) is 12.1 Å². The van der Waals surface area contributed by atoms with Crippen molar-refractivity contribution in [2.45, 2.75) is 39.3 Å². The molecule has 0 saturated carbocycles. The summed E-state index contributed by atoms with van der Waals surface area (Å²) in [5.74, 6) is 5.42. The molecule has 1 heterocycles. The largest absolute Gasteiger partial charge is 0.271 e. The van der Waals surface area contributed by atoms with Gasteiger partial charge in [0, 0.05) is 24.7 Å². The highest BCUT2D eigenvalue weighted by molar-refractivity contribution is 5.18. The highest BCUT2D eigenvalue weighted by Gasteiger charge is 2.13. The summed E-state index contributed by atoms with van der Waals surface area (Å²) < 4.78 is 15.2. The number of nitrogens with zero attached hydrogens (tertiary/aromatic N) is 2. The van der Waals surface area contributed by atoms with Crippen LogP contribution in [0.25, 0.3) is 0 Å². The van der Waals surface area contributed by atoms with Crippen LogP contribution in [0.3, 0.4) is 0 Å². The number of hydrogen-bond acceptors (Lipinski definition) is 3. The van der Waals surface area contributed by atoms with Crippen molar-refractivity contribution in [2.75, 3.05) is 0 Å². The van der Waals surface area contributed by atoms with Crippen LogP contribution >= 0.6 is 0 Å². The van der Waals surface area contributed by atoms with E-state index in [-0.39, 0.29) is 11.9 Å². The van der Waals surface area contributed by atoms with Crippen LogP contribution in [0.2, 0.25) is 0 Å². The smallest absolute Gasteiger partial charge is 0.123 e. The standard InChI is InChI=1S/C15H21FN4/c1-3-20-15(7-11(2)19-20)10-14(18-17)9-12-5-4-6-13(16)8-12/h4-8,14,18H,3,9-10,17H2,1-2H3. The Hall–Kier alpha value is -1.72. The van der Waals surface area contributed by atoms with Gasteiger partial charge in [-0.15, -0.1) is 0 Å². The summed E-state index contributed by atoms with van der Waals surface area (Å²) >= 11 is 0. The van der Waals surface area contributed by atoms with E-state index in [4.69, 9.17) is 5.84 Å². The Morgan fingerprint density at radius 2 is 2.15 bits per heavy atom. The molecule has 5 heteroatoms. The van der Waals surface area contributed by atoms with Crippen LogP contribution in [0, 0.1) is 12.7 Å². The summed E-state index contributed by atoms with van der Waals surface area (Å²) in [6.45, 7) is 4.88. The second-order valence-corrected chi connectivity index (χ2v) is 4.99. The molecule has 0 radical (unpaired) electrons. The van der Waals surface area contributed by atoms with Crippen molar-refractivity contribution in [3.63, 3.8) is 0 Å². The van der Waals surface area contributed by atoms with E-state index in [2.05, 4.69) is 23.5 Å². The minimum atomic E-state index is -0.215.